The molecule has 2 amide bonds. The number of nitrogens with two attached hydrogens (primary N) is 1. The Balaban J connectivity index is 1.69. The van der Waals surface area contributed by atoms with Crippen LogP contribution >= 0.6 is 0 Å². The molecule has 28 heavy (non-hydrogen) atoms. The summed E-state index contributed by atoms with van der Waals surface area (Å²) < 4.78 is 1.87. The summed E-state index contributed by atoms with van der Waals surface area (Å²) in [5.74, 6) is 0.705. The molecule has 0 aliphatic carbocycles. The van der Waals surface area contributed by atoms with E-state index in [9.17, 15) is 4.79 Å². The van der Waals surface area contributed by atoms with Crippen LogP contribution in [-0.4, -0.2) is 58.8 Å². The van der Waals surface area contributed by atoms with Gasteiger partial charge in [-0.2, -0.15) is 10.2 Å². The van der Waals surface area contributed by atoms with Crippen molar-refractivity contribution in [1.82, 2.24) is 25.1 Å². The standard InChI is InChI=1S/C19H25N7O2/c1-21-18(22-2)17-16-14(10-23-25(16)9-8-20)15-11-24(17)19(27)26(15)28-12-13-6-4-3-5-7-13/h3-7,10,15,17H,8-9,11-12,20H2,1-2H3,(H,21,22)/t15-,17-/m0/s1. The summed E-state index contributed by atoms with van der Waals surface area (Å²) in [6.07, 6.45) is 1.82. The summed E-state index contributed by atoms with van der Waals surface area (Å²) in [5.41, 5.74) is 8.69. The minimum Gasteiger partial charge on any atom is -0.375 e. The number of benzene rings is 1. The van der Waals surface area contributed by atoms with Crippen molar-refractivity contribution in [1.29, 1.82) is 0 Å². The minimum atomic E-state index is -0.340. The molecule has 1 fully saturated rings. The molecule has 9 nitrogen and oxygen atoms in total. The highest BCUT2D eigenvalue weighted by atomic mass is 16.7. The van der Waals surface area contributed by atoms with Crippen LogP contribution in [0.2, 0.25) is 0 Å². The van der Waals surface area contributed by atoms with Gasteiger partial charge in [0.05, 0.1) is 25.0 Å². The van der Waals surface area contributed by atoms with Crippen molar-refractivity contribution in [2.24, 2.45) is 10.7 Å². The van der Waals surface area contributed by atoms with Crippen LogP contribution in [-0.2, 0) is 18.0 Å². The molecule has 0 unspecified atom stereocenters. The van der Waals surface area contributed by atoms with Crippen molar-refractivity contribution in [2.75, 3.05) is 27.2 Å². The van der Waals surface area contributed by atoms with Gasteiger partial charge in [0.15, 0.2) is 0 Å². The molecule has 3 heterocycles. The van der Waals surface area contributed by atoms with E-state index in [-0.39, 0.29) is 18.1 Å². The van der Waals surface area contributed by atoms with Gasteiger partial charge < -0.3 is 16.0 Å². The molecule has 0 radical (unpaired) electrons. The fraction of sp³-hybridized carbons (Fsp3) is 0.421. The molecule has 2 aliphatic rings. The van der Waals surface area contributed by atoms with E-state index in [0.29, 0.717) is 32.1 Å². The number of aromatic nitrogens is 2. The second kappa shape index (κ2) is 7.61. The van der Waals surface area contributed by atoms with E-state index in [1.807, 2.05) is 48.3 Å². The van der Waals surface area contributed by atoms with Crippen LogP contribution in [0.3, 0.4) is 0 Å². The molecular formula is C19H25N7O2. The summed E-state index contributed by atoms with van der Waals surface area (Å²) in [5, 5.41) is 9.12. The first-order chi connectivity index (χ1) is 13.7. The summed E-state index contributed by atoms with van der Waals surface area (Å²) in [6, 6.07) is 9.10. The number of nitrogens with zero attached hydrogens (tertiary/aromatic N) is 5. The van der Waals surface area contributed by atoms with Gasteiger partial charge in [-0.05, 0) is 5.56 Å². The number of nitrogens with one attached hydrogen (secondary N) is 1. The molecule has 1 aromatic carbocycles. The van der Waals surface area contributed by atoms with Crippen molar-refractivity contribution in [3.8, 4) is 0 Å². The van der Waals surface area contributed by atoms with Crippen molar-refractivity contribution in [3.63, 3.8) is 0 Å². The number of likely N-dealkylation sites (N-methyl/N-ethyl adjacent to an activating group) is 1. The Hall–Kier alpha value is -2.91. The summed E-state index contributed by atoms with van der Waals surface area (Å²) in [4.78, 5) is 25.3. The maximum absolute atomic E-state index is 13.2. The number of hydrogen-bond donors (Lipinski definition) is 2. The Morgan fingerprint density at radius 2 is 2.18 bits per heavy atom. The molecule has 1 saturated heterocycles. The van der Waals surface area contributed by atoms with Gasteiger partial charge in [0.2, 0.25) is 0 Å². The topological polar surface area (TPSA) is 101 Å². The van der Waals surface area contributed by atoms with Gasteiger partial charge in [0, 0.05) is 26.2 Å². The minimum absolute atomic E-state index is 0.169. The summed E-state index contributed by atoms with van der Waals surface area (Å²) in [6.45, 7) is 1.90. The van der Waals surface area contributed by atoms with E-state index < -0.39 is 0 Å². The number of amidine groups is 1. The number of urea groups is 1. The predicted molar refractivity (Wildman–Crippen MR) is 104 cm³/mol. The lowest BCUT2D eigenvalue weighted by Crippen LogP contribution is -2.43. The molecule has 3 N–H and O–H groups in total. The van der Waals surface area contributed by atoms with E-state index in [2.05, 4.69) is 15.4 Å². The van der Waals surface area contributed by atoms with Crippen LogP contribution in [0, 0.1) is 0 Å². The molecule has 0 spiro atoms. The largest absolute Gasteiger partial charge is 0.375 e. The summed E-state index contributed by atoms with van der Waals surface area (Å²) >= 11 is 0. The predicted octanol–water partition coefficient (Wildman–Crippen LogP) is 1.05. The Labute approximate surface area is 163 Å². The average Bonchev–Trinajstić information content (AvgIpc) is 3.25. The first-order valence-corrected chi connectivity index (χ1v) is 9.36. The average molecular weight is 383 g/mol. The van der Waals surface area contributed by atoms with Crippen molar-refractivity contribution in [2.45, 2.75) is 25.2 Å². The molecule has 9 heteroatoms. The highest BCUT2D eigenvalue weighted by Crippen LogP contribution is 2.44. The van der Waals surface area contributed by atoms with Crippen LogP contribution in [0.4, 0.5) is 4.79 Å². The highest BCUT2D eigenvalue weighted by Gasteiger charge is 2.51. The van der Waals surface area contributed by atoms with Gasteiger partial charge in [-0.25, -0.2) is 4.79 Å². The quantitative estimate of drug-likeness (QED) is 0.574. The smallest absolute Gasteiger partial charge is 0.345 e. The van der Waals surface area contributed by atoms with Gasteiger partial charge in [0.25, 0.3) is 0 Å². The molecule has 2 aliphatic heterocycles. The van der Waals surface area contributed by atoms with Crippen molar-refractivity contribution >= 4 is 11.9 Å². The van der Waals surface area contributed by atoms with E-state index in [1.165, 1.54) is 5.06 Å². The van der Waals surface area contributed by atoms with Crippen molar-refractivity contribution in [3.05, 3.63) is 53.3 Å². The first kappa shape index (κ1) is 18.5. The number of carbonyl (C=O) groups is 1. The normalized spacial score (nSPS) is 21.2. The van der Waals surface area contributed by atoms with Crippen LogP contribution < -0.4 is 11.1 Å². The summed E-state index contributed by atoms with van der Waals surface area (Å²) in [7, 11) is 3.52. The second-order valence-electron chi connectivity index (χ2n) is 6.79. The third-order valence-corrected chi connectivity index (χ3v) is 5.24. The molecule has 2 atom stereocenters. The first-order valence-electron chi connectivity index (χ1n) is 9.36. The number of aliphatic imine (C=N–C) groups is 1. The molecular weight excluding hydrogens is 358 g/mol. The Morgan fingerprint density at radius 1 is 1.39 bits per heavy atom. The molecule has 4 rings (SSSR count). The lowest BCUT2D eigenvalue weighted by Gasteiger charge is -2.32. The SMILES string of the molecule is CN=C(NC)[C@@H]1c2c(cnn2CCN)[C@@H]2CN1C(=O)N2OCc1ccccc1. The molecule has 0 saturated carbocycles. The third-order valence-electron chi connectivity index (χ3n) is 5.24. The van der Waals surface area contributed by atoms with Gasteiger partial charge in [-0.15, -0.1) is 0 Å². The maximum atomic E-state index is 13.2. The van der Waals surface area contributed by atoms with Crippen LogP contribution in [0.25, 0.3) is 0 Å². The van der Waals surface area contributed by atoms with Gasteiger partial charge in [-0.1, -0.05) is 30.3 Å². The third kappa shape index (κ3) is 2.92. The molecule has 1 aromatic heterocycles. The number of carbonyl (C=O) groups excluding carboxylic acids is 1. The van der Waals surface area contributed by atoms with Crippen LogP contribution in [0.5, 0.6) is 0 Å². The van der Waals surface area contributed by atoms with Crippen LogP contribution in [0.15, 0.2) is 41.5 Å². The number of rotatable bonds is 6. The van der Waals surface area contributed by atoms with Gasteiger partial charge >= 0.3 is 6.03 Å². The Morgan fingerprint density at radius 3 is 2.86 bits per heavy atom. The monoisotopic (exact) mass is 383 g/mol. The van der Waals surface area contributed by atoms with Gasteiger partial charge in [0.1, 0.15) is 24.5 Å². The lowest BCUT2D eigenvalue weighted by atomic mass is 9.97. The van der Waals surface area contributed by atoms with E-state index in [4.69, 9.17) is 10.6 Å². The Bertz CT molecular complexity index is 880. The zero-order chi connectivity index (χ0) is 19.7. The molecule has 2 aromatic rings. The molecule has 148 valence electrons. The Kier molecular flexibility index (Phi) is 5.01. The fourth-order valence-corrected chi connectivity index (χ4v) is 3.96. The lowest BCUT2D eigenvalue weighted by molar-refractivity contribution is -0.141. The highest BCUT2D eigenvalue weighted by molar-refractivity contribution is 5.93. The van der Waals surface area contributed by atoms with Crippen molar-refractivity contribution < 1.29 is 9.63 Å². The second-order valence-corrected chi connectivity index (χ2v) is 6.79. The van der Waals surface area contributed by atoms with E-state index >= 15 is 0 Å². The number of fused-ring (bicyclic) bond motifs is 4. The van der Waals surface area contributed by atoms with E-state index in [1.54, 1.807) is 11.9 Å². The zero-order valence-electron chi connectivity index (χ0n) is 16.1. The van der Waals surface area contributed by atoms with Crippen LogP contribution in [0.1, 0.15) is 28.9 Å². The number of hydrogen-bond acceptors (Lipinski definition) is 5. The molecule has 2 bridgehead atoms. The van der Waals surface area contributed by atoms with Gasteiger partial charge in [-0.3, -0.25) is 14.5 Å². The maximum Gasteiger partial charge on any atom is 0.345 e. The van der Waals surface area contributed by atoms with E-state index in [0.717, 1.165) is 16.8 Å². The fourth-order valence-electron chi connectivity index (χ4n) is 3.96. The number of amides is 2. The number of hydroxylamine groups is 2. The zero-order valence-corrected chi connectivity index (χ0v) is 16.1.